The summed E-state index contributed by atoms with van der Waals surface area (Å²) in [6.07, 6.45) is 0. The molecule has 0 fully saturated rings. The van der Waals surface area contributed by atoms with Gasteiger partial charge < -0.3 is 5.73 Å². The van der Waals surface area contributed by atoms with Crippen LogP contribution in [0.25, 0.3) is 0 Å². The Kier molecular flexibility index (Phi) is 4.83. The molecule has 0 saturated carbocycles. The topological polar surface area (TPSA) is 72.2 Å². The standard InChI is InChI=1S/C12H17F3N2O2S/c1-12(2,3)9(6-16)17-20(18,19)8-5-4-7(13)10(14)11(8)15/h4-5,9,17H,6,16H2,1-3H3. The number of halogens is 3. The molecule has 1 unspecified atom stereocenters. The highest BCUT2D eigenvalue weighted by Crippen LogP contribution is 2.23. The van der Waals surface area contributed by atoms with E-state index in [2.05, 4.69) is 4.72 Å². The number of benzene rings is 1. The highest BCUT2D eigenvalue weighted by molar-refractivity contribution is 7.89. The summed E-state index contributed by atoms with van der Waals surface area (Å²) in [7, 11) is -4.34. The third kappa shape index (κ3) is 3.50. The maximum Gasteiger partial charge on any atom is 0.243 e. The van der Waals surface area contributed by atoms with E-state index in [1.54, 1.807) is 20.8 Å². The molecule has 1 aromatic rings. The minimum Gasteiger partial charge on any atom is -0.329 e. The Morgan fingerprint density at radius 2 is 1.75 bits per heavy atom. The first-order valence-corrected chi connectivity index (χ1v) is 7.35. The summed E-state index contributed by atoms with van der Waals surface area (Å²) >= 11 is 0. The van der Waals surface area contributed by atoms with Crippen LogP contribution in [0.2, 0.25) is 0 Å². The quantitative estimate of drug-likeness (QED) is 0.832. The first kappa shape index (κ1) is 16.9. The highest BCUT2D eigenvalue weighted by Gasteiger charge is 2.31. The zero-order valence-corrected chi connectivity index (χ0v) is 12.2. The van der Waals surface area contributed by atoms with E-state index in [-0.39, 0.29) is 6.54 Å². The fourth-order valence-electron chi connectivity index (χ4n) is 1.54. The van der Waals surface area contributed by atoms with E-state index < -0.39 is 43.8 Å². The molecule has 0 aliphatic carbocycles. The van der Waals surface area contributed by atoms with E-state index in [0.717, 1.165) is 0 Å². The van der Waals surface area contributed by atoms with E-state index >= 15 is 0 Å². The molecular weight excluding hydrogens is 293 g/mol. The normalized spacial score (nSPS) is 14.3. The molecule has 4 nitrogen and oxygen atoms in total. The maximum absolute atomic E-state index is 13.5. The van der Waals surface area contributed by atoms with Crippen molar-refractivity contribution in [2.45, 2.75) is 31.7 Å². The van der Waals surface area contributed by atoms with Crippen LogP contribution in [-0.2, 0) is 10.0 Å². The minimum absolute atomic E-state index is 0.0198. The van der Waals surface area contributed by atoms with Gasteiger partial charge in [0.15, 0.2) is 17.5 Å². The summed E-state index contributed by atoms with van der Waals surface area (Å²) < 4.78 is 65.7. The van der Waals surface area contributed by atoms with Crippen molar-refractivity contribution in [2.75, 3.05) is 6.54 Å². The molecule has 1 atom stereocenters. The van der Waals surface area contributed by atoms with Crippen LogP contribution in [0.15, 0.2) is 17.0 Å². The number of nitrogens with two attached hydrogens (primary N) is 1. The zero-order valence-electron chi connectivity index (χ0n) is 11.4. The van der Waals surface area contributed by atoms with E-state index in [0.29, 0.717) is 12.1 Å². The van der Waals surface area contributed by atoms with Crippen LogP contribution < -0.4 is 10.5 Å². The summed E-state index contributed by atoms with van der Waals surface area (Å²) in [5, 5.41) is 0. The second-order valence-electron chi connectivity index (χ2n) is 5.45. The maximum atomic E-state index is 13.5. The molecule has 0 aromatic heterocycles. The van der Waals surface area contributed by atoms with Crippen molar-refractivity contribution in [3.8, 4) is 0 Å². The summed E-state index contributed by atoms with van der Waals surface area (Å²) in [4.78, 5) is -0.945. The Bertz CT molecular complexity index is 597. The summed E-state index contributed by atoms with van der Waals surface area (Å²) in [6.45, 7) is 5.21. The van der Waals surface area contributed by atoms with E-state index in [1.165, 1.54) is 0 Å². The van der Waals surface area contributed by atoms with Crippen molar-refractivity contribution in [2.24, 2.45) is 11.1 Å². The van der Waals surface area contributed by atoms with Gasteiger partial charge in [-0.15, -0.1) is 0 Å². The van der Waals surface area contributed by atoms with Crippen molar-refractivity contribution in [1.82, 2.24) is 4.72 Å². The lowest BCUT2D eigenvalue weighted by atomic mass is 9.88. The van der Waals surface area contributed by atoms with Crippen molar-refractivity contribution in [1.29, 1.82) is 0 Å². The summed E-state index contributed by atoms with van der Waals surface area (Å²) in [6, 6.07) is 0.549. The summed E-state index contributed by atoms with van der Waals surface area (Å²) in [5.41, 5.74) is 4.96. The average Bonchev–Trinajstić information content (AvgIpc) is 2.31. The van der Waals surface area contributed by atoms with Gasteiger partial charge in [0.1, 0.15) is 4.90 Å². The molecule has 0 saturated heterocycles. The van der Waals surface area contributed by atoms with E-state index in [1.807, 2.05) is 0 Å². The zero-order chi connectivity index (χ0) is 15.7. The Balaban J connectivity index is 3.22. The fraction of sp³-hybridized carbons (Fsp3) is 0.500. The third-order valence-corrected chi connectivity index (χ3v) is 4.36. The predicted molar refractivity (Wildman–Crippen MR) is 68.9 cm³/mol. The van der Waals surface area contributed by atoms with Gasteiger partial charge in [-0.3, -0.25) is 0 Å². The molecule has 8 heteroatoms. The number of nitrogens with one attached hydrogen (secondary N) is 1. The second kappa shape index (κ2) is 5.71. The van der Waals surface area contributed by atoms with E-state index in [4.69, 9.17) is 5.73 Å². The molecule has 1 aromatic carbocycles. The SMILES string of the molecule is CC(C)(C)C(CN)NS(=O)(=O)c1ccc(F)c(F)c1F. The number of hydrogen-bond donors (Lipinski definition) is 2. The number of hydrogen-bond acceptors (Lipinski definition) is 3. The van der Waals surface area contributed by atoms with Crippen LogP contribution in [0, 0.1) is 22.9 Å². The Hall–Kier alpha value is -1.12. The van der Waals surface area contributed by atoms with Crippen LogP contribution >= 0.6 is 0 Å². The lowest BCUT2D eigenvalue weighted by Gasteiger charge is -2.30. The Morgan fingerprint density at radius 1 is 1.20 bits per heavy atom. The highest BCUT2D eigenvalue weighted by atomic mass is 32.2. The van der Waals surface area contributed by atoms with Gasteiger partial charge in [0, 0.05) is 12.6 Å². The van der Waals surface area contributed by atoms with Gasteiger partial charge in [0.05, 0.1) is 0 Å². The number of rotatable bonds is 4. The van der Waals surface area contributed by atoms with Crippen LogP contribution in [-0.4, -0.2) is 21.0 Å². The van der Waals surface area contributed by atoms with Crippen molar-refractivity contribution >= 4 is 10.0 Å². The fourth-order valence-corrected chi connectivity index (χ4v) is 3.07. The van der Waals surface area contributed by atoms with Crippen molar-refractivity contribution in [3.05, 3.63) is 29.6 Å². The largest absolute Gasteiger partial charge is 0.329 e. The third-order valence-electron chi connectivity index (χ3n) is 2.87. The first-order valence-electron chi connectivity index (χ1n) is 5.86. The lowest BCUT2D eigenvalue weighted by Crippen LogP contribution is -2.48. The average molecular weight is 310 g/mol. The molecule has 0 spiro atoms. The molecule has 0 heterocycles. The molecule has 0 radical (unpaired) electrons. The smallest absolute Gasteiger partial charge is 0.243 e. The molecule has 3 N–H and O–H groups in total. The number of sulfonamides is 1. The first-order chi connectivity index (χ1) is 9.00. The molecule has 0 bridgehead atoms. The van der Waals surface area contributed by atoms with Gasteiger partial charge >= 0.3 is 0 Å². The second-order valence-corrected chi connectivity index (χ2v) is 7.13. The van der Waals surface area contributed by atoms with Gasteiger partial charge in [-0.05, 0) is 17.5 Å². The van der Waals surface area contributed by atoms with Gasteiger partial charge in [-0.1, -0.05) is 20.8 Å². The molecular formula is C12H17F3N2O2S. The van der Waals surface area contributed by atoms with E-state index in [9.17, 15) is 21.6 Å². The van der Waals surface area contributed by atoms with Crippen LogP contribution in [0.1, 0.15) is 20.8 Å². The van der Waals surface area contributed by atoms with Gasteiger partial charge in [-0.25, -0.2) is 26.3 Å². The molecule has 0 amide bonds. The minimum atomic E-state index is -4.34. The Morgan fingerprint density at radius 3 is 2.20 bits per heavy atom. The monoisotopic (exact) mass is 310 g/mol. The van der Waals surface area contributed by atoms with Crippen LogP contribution in [0.4, 0.5) is 13.2 Å². The Labute approximate surface area is 116 Å². The predicted octanol–water partition coefficient (Wildman–Crippen LogP) is 1.76. The van der Waals surface area contributed by atoms with Crippen LogP contribution in [0.3, 0.4) is 0 Å². The molecule has 1 rings (SSSR count). The molecule has 114 valence electrons. The van der Waals surface area contributed by atoms with Gasteiger partial charge in [0.25, 0.3) is 0 Å². The van der Waals surface area contributed by atoms with Crippen molar-refractivity contribution in [3.63, 3.8) is 0 Å². The van der Waals surface area contributed by atoms with Gasteiger partial charge in [-0.2, -0.15) is 0 Å². The molecule has 0 aliphatic heterocycles. The molecule has 20 heavy (non-hydrogen) atoms. The summed E-state index contributed by atoms with van der Waals surface area (Å²) in [5.74, 6) is -5.03. The molecule has 0 aliphatic rings. The lowest BCUT2D eigenvalue weighted by molar-refractivity contribution is 0.304. The van der Waals surface area contributed by atoms with Crippen molar-refractivity contribution < 1.29 is 21.6 Å². The van der Waals surface area contributed by atoms with Crippen LogP contribution in [0.5, 0.6) is 0 Å². The van der Waals surface area contributed by atoms with Gasteiger partial charge in [0.2, 0.25) is 10.0 Å².